The Balaban J connectivity index is 2.24. The summed E-state index contributed by atoms with van der Waals surface area (Å²) in [4.78, 5) is 37.7. The summed E-state index contributed by atoms with van der Waals surface area (Å²) in [5.74, 6) is -2.49. The van der Waals surface area contributed by atoms with Crippen molar-refractivity contribution in [2.75, 3.05) is 18.6 Å². The van der Waals surface area contributed by atoms with Gasteiger partial charge in [-0.3, -0.25) is 15.0 Å². The molecule has 12 heteroatoms. The van der Waals surface area contributed by atoms with E-state index in [-0.39, 0.29) is 28.2 Å². The predicted octanol–water partition coefficient (Wildman–Crippen LogP) is 6.45. The summed E-state index contributed by atoms with van der Waals surface area (Å²) in [7, 11) is 1.10. The molecule has 184 valence electrons. The Kier molecular flexibility index (Phi) is 8.52. The zero-order chi connectivity index (χ0) is 25.7. The van der Waals surface area contributed by atoms with Crippen LogP contribution < -0.4 is 4.90 Å². The average molecular weight is 569 g/mol. The minimum absolute atomic E-state index is 0.0178. The number of nitro benzene ring substituents is 1. The number of carbonyl (C=O) groups is 2. The third-order valence-electron chi connectivity index (χ3n) is 4.96. The van der Waals surface area contributed by atoms with Gasteiger partial charge in [-0.1, -0.05) is 22.0 Å². The standard InChI is InChI=1S/C23H19BrF2N2O6S/c1-3-34-22(29)19-15(11-24)20(13-7-9-14(10-8-13)28(31)32)35-21(19)27(23(30)33-2)12-16-17(25)5-4-6-18(16)26/h4-10H,3,11-12H2,1-2H3. The lowest BCUT2D eigenvalue weighted by Gasteiger charge is -2.21. The van der Waals surface area contributed by atoms with Crippen LogP contribution in [0.5, 0.6) is 0 Å². The van der Waals surface area contributed by atoms with Crippen LogP contribution in [0.1, 0.15) is 28.4 Å². The quantitative estimate of drug-likeness (QED) is 0.134. The molecule has 35 heavy (non-hydrogen) atoms. The fourth-order valence-electron chi connectivity index (χ4n) is 3.32. The van der Waals surface area contributed by atoms with E-state index in [9.17, 15) is 28.5 Å². The van der Waals surface area contributed by atoms with E-state index in [0.717, 1.165) is 35.5 Å². The Morgan fingerprint density at radius 2 is 1.74 bits per heavy atom. The van der Waals surface area contributed by atoms with Crippen molar-refractivity contribution >= 4 is 50.0 Å². The smallest absolute Gasteiger partial charge is 0.414 e. The molecule has 1 aromatic heterocycles. The Labute approximate surface area is 211 Å². The molecule has 0 saturated carbocycles. The second-order valence-electron chi connectivity index (χ2n) is 7.00. The fraction of sp³-hybridized carbons (Fsp3) is 0.217. The van der Waals surface area contributed by atoms with Crippen molar-refractivity contribution in [2.24, 2.45) is 0 Å². The van der Waals surface area contributed by atoms with Crippen LogP contribution in [0.15, 0.2) is 42.5 Å². The number of carbonyl (C=O) groups excluding carboxylic acids is 2. The lowest BCUT2D eigenvalue weighted by molar-refractivity contribution is -0.384. The van der Waals surface area contributed by atoms with Gasteiger partial charge in [-0.05, 0) is 42.3 Å². The van der Waals surface area contributed by atoms with Crippen LogP contribution in [0.3, 0.4) is 0 Å². The molecule has 0 unspecified atom stereocenters. The minimum Gasteiger partial charge on any atom is -0.462 e. The van der Waals surface area contributed by atoms with Crippen molar-refractivity contribution in [3.63, 3.8) is 0 Å². The Bertz CT molecular complexity index is 1250. The van der Waals surface area contributed by atoms with E-state index >= 15 is 0 Å². The summed E-state index contributed by atoms with van der Waals surface area (Å²) in [6, 6.07) is 8.94. The number of alkyl halides is 1. The lowest BCUT2D eigenvalue weighted by Crippen LogP contribution is -2.31. The molecule has 0 atom stereocenters. The van der Waals surface area contributed by atoms with Gasteiger partial charge in [0.25, 0.3) is 5.69 Å². The van der Waals surface area contributed by atoms with Gasteiger partial charge in [-0.15, -0.1) is 11.3 Å². The molecule has 8 nitrogen and oxygen atoms in total. The summed E-state index contributed by atoms with van der Waals surface area (Å²) in [6.07, 6.45) is -0.948. The number of anilines is 1. The van der Waals surface area contributed by atoms with E-state index in [0.29, 0.717) is 16.0 Å². The molecule has 0 saturated heterocycles. The number of benzene rings is 2. The van der Waals surface area contributed by atoms with Crippen LogP contribution >= 0.6 is 27.3 Å². The number of nitrogens with zero attached hydrogens (tertiary/aromatic N) is 2. The number of hydrogen-bond donors (Lipinski definition) is 0. The number of methoxy groups -OCH3 is 1. The van der Waals surface area contributed by atoms with E-state index in [1.807, 2.05) is 0 Å². The molecule has 0 bridgehead atoms. The summed E-state index contributed by atoms with van der Waals surface area (Å²) in [6.45, 7) is 1.10. The maximum absolute atomic E-state index is 14.4. The fourth-order valence-corrected chi connectivity index (χ4v) is 5.37. The van der Waals surface area contributed by atoms with Gasteiger partial charge >= 0.3 is 12.1 Å². The van der Waals surface area contributed by atoms with Gasteiger partial charge in [0.1, 0.15) is 16.6 Å². The first-order valence-electron chi connectivity index (χ1n) is 10.1. The molecular formula is C23H19BrF2N2O6S. The monoisotopic (exact) mass is 568 g/mol. The number of esters is 1. The molecule has 0 aliphatic heterocycles. The van der Waals surface area contributed by atoms with Crippen LogP contribution in [0, 0.1) is 21.7 Å². The first-order chi connectivity index (χ1) is 16.7. The van der Waals surface area contributed by atoms with Crippen molar-refractivity contribution in [3.05, 3.63) is 80.9 Å². The van der Waals surface area contributed by atoms with Gasteiger partial charge in [0, 0.05) is 27.9 Å². The summed E-state index contributed by atoms with van der Waals surface area (Å²) in [5.41, 5.74) is 0.485. The number of nitro groups is 1. The van der Waals surface area contributed by atoms with Crippen LogP contribution in [0.25, 0.3) is 10.4 Å². The second-order valence-corrected chi connectivity index (χ2v) is 8.56. The Morgan fingerprint density at radius 3 is 2.26 bits per heavy atom. The van der Waals surface area contributed by atoms with E-state index in [4.69, 9.17) is 9.47 Å². The van der Waals surface area contributed by atoms with E-state index in [1.54, 1.807) is 6.92 Å². The van der Waals surface area contributed by atoms with Gasteiger partial charge in [0.2, 0.25) is 0 Å². The van der Waals surface area contributed by atoms with Gasteiger partial charge in [-0.25, -0.2) is 18.4 Å². The first-order valence-corrected chi connectivity index (χ1v) is 12.1. The SMILES string of the molecule is CCOC(=O)c1c(N(Cc2c(F)cccc2F)C(=O)OC)sc(-c2ccc([N+](=O)[O-])cc2)c1CBr. The molecule has 0 N–H and O–H groups in total. The Hall–Kier alpha value is -3.38. The van der Waals surface area contributed by atoms with Gasteiger partial charge in [-0.2, -0.15) is 0 Å². The molecular weight excluding hydrogens is 550 g/mol. The average Bonchev–Trinajstić information content (AvgIpc) is 3.23. The molecule has 0 aliphatic carbocycles. The molecule has 0 aliphatic rings. The first kappa shape index (κ1) is 26.2. The molecule has 1 heterocycles. The highest BCUT2D eigenvalue weighted by molar-refractivity contribution is 9.08. The third kappa shape index (κ3) is 5.49. The topological polar surface area (TPSA) is 99.0 Å². The molecule has 0 fully saturated rings. The zero-order valence-electron chi connectivity index (χ0n) is 18.5. The van der Waals surface area contributed by atoms with Gasteiger partial charge < -0.3 is 9.47 Å². The number of ether oxygens (including phenoxy) is 2. The summed E-state index contributed by atoms with van der Waals surface area (Å²) >= 11 is 4.35. The van der Waals surface area contributed by atoms with Crippen LogP contribution in [0.4, 0.5) is 24.3 Å². The third-order valence-corrected chi connectivity index (χ3v) is 6.82. The van der Waals surface area contributed by atoms with E-state index < -0.39 is 40.7 Å². The highest BCUT2D eigenvalue weighted by atomic mass is 79.9. The summed E-state index contributed by atoms with van der Waals surface area (Å²) in [5, 5.41) is 11.3. The Morgan fingerprint density at radius 1 is 1.11 bits per heavy atom. The largest absolute Gasteiger partial charge is 0.462 e. The number of halogens is 3. The molecule has 1 amide bonds. The maximum Gasteiger partial charge on any atom is 0.414 e. The second kappa shape index (κ2) is 11.4. The number of hydrogen-bond acceptors (Lipinski definition) is 7. The predicted molar refractivity (Wildman–Crippen MR) is 130 cm³/mol. The van der Waals surface area contributed by atoms with E-state index in [1.165, 1.54) is 30.3 Å². The molecule has 0 radical (unpaired) electrons. The number of thiophene rings is 1. The van der Waals surface area contributed by atoms with Gasteiger partial charge in [0.15, 0.2) is 0 Å². The van der Waals surface area contributed by atoms with Gasteiger partial charge in [0.05, 0.1) is 30.7 Å². The highest BCUT2D eigenvalue weighted by Crippen LogP contribution is 2.45. The van der Waals surface area contributed by atoms with E-state index in [2.05, 4.69) is 15.9 Å². The molecule has 3 rings (SSSR count). The van der Waals surface area contributed by atoms with Crippen molar-refractivity contribution in [3.8, 4) is 10.4 Å². The lowest BCUT2D eigenvalue weighted by atomic mass is 10.1. The van der Waals surface area contributed by atoms with Crippen LogP contribution in [-0.4, -0.2) is 30.7 Å². The molecule has 2 aromatic carbocycles. The highest BCUT2D eigenvalue weighted by Gasteiger charge is 2.32. The maximum atomic E-state index is 14.4. The zero-order valence-corrected chi connectivity index (χ0v) is 21.0. The number of rotatable bonds is 8. The van der Waals surface area contributed by atoms with Crippen molar-refractivity contribution in [1.82, 2.24) is 0 Å². The van der Waals surface area contributed by atoms with Crippen molar-refractivity contribution in [2.45, 2.75) is 18.8 Å². The van der Waals surface area contributed by atoms with Crippen molar-refractivity contribution < 1.29 is 32.8 Å². The number of amides is 1. The normalized spacial score (nSPS) is 10.7. The summed E-state index contributed by atoms with van der Waals surface area (Å²) < 4.78 is 38.9. The molecule has 3 aromatic rings. The number of non-ortho nitro benzene ring substituents is 1. The molecule has 0 spiro atoms. The minimum atomic E-state index is -0.948. The van der Waals surface area contributed by atoms with Crippen LogP contribution in [-0.2, 0) is 21.3 Å². The van der Waals surface area contributed by atoms with Crippen molar-refractivity contribution in [1.29, 1.82) is 0 Å². The van der Waals surface area contributed by atoms with Crippen LogP contribution in [0.2, 0.25) is 0 Å².